The summed E-state index contributed by atoms with van der Waals surface area (Å²) in [5.41, 5.74) is 2.31. The Labute approximate surface area is 125 Å². The van der Waals surface area contributed by atoms with Crippen LogP contribution in [0.2, 0.25) is 0 Å². The largest absolute Gasteiger partial charge is 0.394 e. The maximum atomic E-state index is 12.5. The Kier molecular flexibility index (Phi) is 4.25. The van der Waals surface area contributed by atoms with E-state index in [1.54, 1.807) is 4.90 Å². The summed E-state index contributed by atoms with van der Waals surface area (Å²) < 4.78 is 0. The van der Waals surface area contributed by atoms with E-state index in [1.165, 1.54) is 5.56 Å². The van der Waals surface area contributed by atoms with Crippen LogP contribution in [-0.2, 0) is 6.42 Å². The Morgan fingerprint density at radius 2 is 2.19 bits per heavy atom. The van der Waals surface area contributed by atoms with E-state index in [0.29, 0.717) is 6.54 Å². The van der Waals surface area contributed by atoms with Crippen LogP contribution in [-0.4, -0.2) is 35.2 Å². The molecule has 2 aliphatic rings. The molecule has 4 nitrogen and oxygen atoms in total. The summed E-state index contributed by atoms with van der Waals surface area (Å²) in [5.74, 6) is 0. The van der Waals surface area contributed by atoms with Gasteiger partial charge < -0.3 is 15.3 Å². The lowest BCUT2D eigenvalue weighted by molar-refractivity contribution is 0.124. The van der Waals surface area contributed by atoms with E-state index in [0.717, 1.165) is 31.2 Å². The van der Waals surface area contributed by atoms with Crippen molar-refractivity contribution >= 4 is 6.03 Å². The standard InChI is InChI=1S/C17H22N2O2/c20-12-16-15-9-5-4-6-13(15)10-11-19(16)17(21)18-14-7-2-1-3-8-14/h1-2,4-6,9,14,16,20H,3,7-8,10-12H2,(H,18,21). The molecule has 112 valence electrons. The topological polar surface area (TPSA) is 52.6 Å². The molecule has 0 saturated heterocycles. The number of amides is 2. The summed E-state index contributed by atoms with van der Waals surface area (Å²) in [5, 5.41) is 12.8. The van der Waals surface area contributed by atoms with Gasteiger partial charge in [-0.15, -0.1) is 0 Å². The highest BCUT2D eigenvalue weighted by Crippen LogP contribution is 2.29. The number of aliphatic hydroxyl groups excluding tert-OH is 1. The first-order valence-electron chi connectivity index (χ1n) is 7.70. The SMILES string of the molecule is O=C(NC1CC=CCC1)N1CCc2ccccc2C1CO. The van der Waals surface area contributed by atoms with Gasteiger partial charge in [0.05, 0.1) is 12.6 Å². The molecule has 2 unspecified atom stereocenters. The molecular formula is C17H22N2O2. The Balaban J connectivity index is 1.73. The predicted molar refractivity (Wildman–Crippen MR) is 82.0 cm³/mol. The number of nitrogens with one attached hydrogen (secondary N) is 1. The molecule has 0 fully saturated rings. The third-order valence-corrected chi connectivity index (χ3v) is 4.44. The molecule has 3 rings (SSSR count). The Morgan fingerprint density at radius 1 is 1.33 bits per heavy atom. The van der Waals surface area contributed by atoms with Crippen LogP contribution in [0.1, 0.15) is 36.4 Å². The molecule has 21 heavy (non-hydrogen) atoms. The van der Waals surface area contributed by atoms with Crippen molar-refractivity contribution < 1.29 is 9.90 Å². The average Bonchev–Trinajstić information content (AvgIpc) is 2.54. The predicted octanol–water partition coefficient (Wildman–Crippen LogP) is 2.40. The molecule has 1 aromatic carbocycles. The second kappa shape index (κ2) is 6.31. The molecule has 1 heterocycles. The van der Waals surface area contributed by atoms with Gasteiger partial charge in [-0.05, 0) is 36.8 Å². The maximum Gasteiger partial charge on any atom is 0.318 e. The molecule has 1 aliphatic heterocycles. The van der Waals surface area contributed by atoms with Crippen molar-refractivity contribution in [3.63, 3.8) is 0 Å². The Bertz CT molecular complexity index is 541. The van der Waals surface area contributed by atoms with Crippen LogP contribution in [0.15, 0.2) is 36.4 Å². The van der Waals surface area contributed by atoms with Gasteiger partial charge in [0, 0.05) is 12.6 Å². The third kappa shape index (κ3) is 2.95. The number of rotatable bonds is 2. The minimum Gasteiger partial charge on any atom is -0.394 e. The number of allylic oxidation sites excluding steroid dienone is 1. The number of nitrogens with zero attached hydrogens (tertiary/aromatic N) is 1. The van der Waals surface area contributed by atoms with E-state index >= 15 is 0 Å². The fraction of sp³-hybridized carbons (Fsp3) is 0.471. The quantitative estimate of drug-likeness (QED) is 0.820. The van der Waals surface area contributed by atoms with E-state index in [2.05, 4.69) is 23.5 Å². The fourth-order valence-electron chi connectivity index (χ4n) is 3.27. The number of carbonyl (C=O) groups excluding carboxylic acids is 1. The first-order valence-corrected chi connectivity index (χ1v) is 7.70. The summed E-state index contributed by atoms with van der Waals surface area (Å²) in [6.07, 6.45) is 8.07. The average molecular weight is 286 g/mol. The van der Waals surface area contributed by atoms with Gasteiger partial charge >= 0.3 is 6.03 Å². The number of aliphatic hydroxyl groups is 1. The number of urea groups is 1. The van der Waals surface area contributed by atoms with E-state index < -0.39 is 0 Å². The third-order valence-electron chi connectivity index (χ3n) is 4.44. The van der Waals surface area contributed by atoms with Crippen molar-refractivity contribution in [2.24, 2.45) is 0 Å². The first-order chi connectivity index (χ1) is 10.3. The highest BCUT2D eigenvalue weighted by molar-refractivity contribution is 5.75. The molecule has 1 aliphatic carbocycles. The molecule has 0 radical (unpaired) electrons. The van der Waals surface area contributed by atoms with Crippen molar-refractivity contribution in [1.29, 1.82) is 0 Å². The van der Waals surface area contributed by atoms with Gasteiger partial charge in [0.15, 0.2) is 0 Å². The lowest BCUT2D eigenvalue weighted by Crippen LogP contribution is -2.49. The molecule has 2 N–H and O–H groups in total. The number of hydrogen-bond donors (Lipinski definition) is 2. The van der Waals surface area contributed by atoms with Gasteiger partial charge in [0.2, 0.25) is 0 Å². The summed E-state index contributed by atoms with van der Waals surface area (Å²) in [6.45, 7) is 0.631. The van der Waals surface area contributed by atoms with Crippen LogP contribution in [0.4, 0.5) is 4.79 Å². The van der Waals surface area contributed by atoms with E-state index in [1.807, 2.05) is 18.2 Å². The number of hydrogen-bond acceptors (Lipinski definition) is 2. The van der Waals surface area contributed by atoms with Crippen molar-refractivity contribution in [3.05, 3.63) is 47.5 Å². The van der Waals surface area contributed by atoms with Gasteiger partial charge in [0.1, 0.15) is 0 Å². The van der Waals surface area contributed by atoms with Crippen LogP contribution in [0.25, 0.3) is 0 Å². The lowest BCUT2D eigenvalue weighted by atomic mass is 9.93. The number of fused-ring (bicyclic) bond motifs is 1. The Hall–Kier alpha value is -1.81. The van der Waals surface area contributed by atoms with Crippen molar-refractivity contribution in [2.45, 2.75) is 37.8 Å². The molecular weight excluding hydrogens is 264 g/mol. The maximum absolute atomic E-state index is 12.5. The molecule has 2 amide bonds. The van der Waals surface area contributed by atoms with E-state index in [4.69, 9.17) is 0 Å². The molecule has 2 atom stereocenters. The second-order valence-electron chi connectivity index (χ2n) is 5.77. The summed E-state index contributed by atoms with van der Waals surface area (Å²) in [7, 11) is 0. The Morgan fingerprint density at radius 3 is 2.95 bits per heavy atom. The van der Waals surface area contributed by atoms with Crippen molar-refractivity contribution in [1.82, 2.24) is 10.2 Å². The molecule has 0 spiro atoms. The summed E-state index contributed by atoms with van der Waals surface area (Å²) >= 11 is 0. The van der Waals surface area contributed by atoms with Crippen LogP contribution in [0.5, 0.6) is 0 Å². The first kappa shape index (κ1) is 14.1. The minimum atomic E-state index is -0.228. The molecule has 0 saturated carbocycles. The number of carbonyl (C=O) groups is 1. The minimum absolute atomic E-state index is 0.0327. The van der Waals surface area contributed by atoms with Crippen LogP contribution < -0.4 is 5.32 Å². The van der Waals surface area contributed by atoms with E-state index in [9.17, 15) is 9.90 Å². The van der Waals surface area contributed by atoms with Crippen LogP contribution in [0.3, 0.4) is 0 Å². The highest BCUT2D eigenvalue weighted by Gasteiger charge is 2.30. The molecule has 1 aromatic rings. The van der Waals surface area contributed by atoms with Crippen LogP contribution in [0, 0.1) is 0 Å². The van der Waals surface area contributed by atoms with Crippen molar-refractivity contribution in [2.75, 3.05) is 13.2 Å². The fourth-order valence-corrected chi connectivity index (χ4v) is 3.27. The zero-order chi connectivity index (χ0) is 14.7. The van der Waals surface area contributed by atoms with Crippen LogP contribution >= 0.6 is 0 Å². The molecule has 4 heteroatoms. The second-order valence-corrected chi connectivity index (χ2v) is 5.77. The summed E-state index contributed by atoms with van der Waals surface area (Å²) in [4.78, 5) is 14.3. The smallest absolute Gasteiger partial charge is 0.318 e. The van der Waals surface area contributed by atoms with Crippen molar-refractivity contribution in [3.8, 4) is 0 Å². The van der Waals surface area contributed by atoms with Gasteiger partial charge in [-0.1, -0.05) is 36.4 Å². The highest BCUT2D eigenvalue weighted by atomic mass is 16.3. The lowest BCUT2D eigenvalue weighted by Gasteiger charge is -2.37. The van der Waals surface area contributed by atoms with Gasteiger partial charge in [-0.3, -0.25) is 0 Å². The molecule has 0 bridgehead atoms. The zero-order valence-electron chi connectivity index (χ0n) is 12.2. The van der Waals surface area contributed by atoms with E-state index in [-0.39, 0.29) is 24.7 Å². The normalized spacial score (nSPS) is 24.5. The van der Waals surface area contributed by atoms with Gasteiger partial charge in [0.25, 0.3) is 0 Å². The monoisotopic (exact) mass is 286 g/mol. The molecule has 0 aromatic heterocycles. The van der Waals surface area contributed by atoms with Gasteiger partial charge in [-0.25, -0.2) is 4.79 Å². The summed E-state index contributed by atoms with van der Waals surface area (Å²) in [6, 6.07) is 8.02. The van der Waals surface area contributed by atoms with Gasteiger partial charge in [-0.2, -0.15) is 0 Å². The number of benzene rings is 1. The zero-order valence-corrected chi connectivity index (χ0v) is 12.2.